The highest BCUT2D eigenvalue weighted by atomic mass is 35.5. The molecule has 1 aliphatic carbocycles. The van der Waals surface area contributed by atoms with Crippen molar-refractivity contribution < 1.29 is 0 Å². The number of nitrogens with two attached hydrogens (primary N) is 1. The summed E-state index contributed by atoms with van der Waals surface area (Å²) < 4.78 is 1.92. The molecule has 1 aromatic rings. The summed E-state index contributed by atoms with van der Waals surface area (Å²) in [7, 11) is 1.97. The number of hydrogen-bond donors (Lipinski definition) is 2. The summed E-state index contributed by atoms with van der Waals surface area (Å²) >= 11 is 6.45. The smallest absolute Gasteiger partial charge is 0.0850 e. The quantitative estimate of drug-likeness (QED) is 0.499. The van der Waals surface area contributed by atoms with Crippen molar-refractivity contribution in [2.45, 2.75) is 64.3 Å². The minimum atomic E-state index is 0.297. The number of nitrogens with zero attached hydrogens (tertiary/aromatic N) is 2. The summed E-state index contributed by atoms with van der Waals surface area (Å²) in [6.45, 7) is 2.09. The number of halogens is 1. The number of hydrazine groups is 1. The Balaban J connectivity index is 2.11. The monoisotopic (exact) mass is 298 g/mol. The first-order valence-corrected chi connectivity index (χ1v) is 8.21. The zero-order valence-electron chi connectivity index (χ0n) is 12.7. The number of nitrogens with one attached hydrogen (secondary N) is 1. The summed E-state index contributed by atoms with van der Waals surface area (Å²) in [5.41, 5.74) is 5.12. The van der Waals surface area contributed by atoms with Crippen LogP contribution >= 0.6 is 11.6 Å². The molecule has 0 aromatic carbocycles. The van der Waals surface area contributed by atoms with Gasteiger partial charge in [0.05, 0.1) is 16.4 Å². The number of aromatic nitrogens is 2. The van der Waals surface area contributed by atoms with E-state index in [9.17, 15) is 0 Å². The van der Waals surface area contributed by atoms with Gasteiger partial charge in [0.1, 0.15) is 0 Å². The van der Waals surface area contributed by atoms with E-state index in [0.717, 1.165) is 29.3 Å². The Morgan fingerprint density at radius 1 is 1.35 bits per heavy atom. The largest absolute Gasteiger partial charge is 0.271 e. The van der Waals surface area contributed by atoms with Gasteiger partial charge >= 0.3 is 0 Å². The van der Waals surface area contributed by atoms with Crippen LogP contribution in [0.4, 0.5) is 0 Å². The Morgan fingerprint density at radius 3 is 2.50 bits per heavy atom. The predicted molar refractivity (Wildman–Crippen MR) is 83.6 cm³/mol. The maximum absolute atomic E-state index is 6.45. The molecule has 1 saturated carbocycles. The highest BCUT2D eigenvalue weighted by Crippen LogP contribution is 2.29. The number of hydrogen-bond acceptors (Lipinski definition) is 3. The number of rotatable bonds is 5. The van der Waals surface area contributed by atoms with Crippen molar-refractivity contribution in [2.24, 2.45) is 18.8 Å². The topological polar surface area (TPSA) is 55.9 Å². The average Bonchev–Trinajstić information content (AvgIpc) is 2.67. The Hall–Kier alpha value is -0.580. The second kappa shape index (κ2) is 7.43. The highest BCUT2D eigenvalue weighted by molar-refractivity contribution is 6.31. The molecule has 1 unspecified atom stereocenters. The van der Waals surface area contributed by atoms with E-state index in [2.05, 4.69) is 17.4 Å². The lowest BCUT2D eigenvalue weighted by Crippen LogP contribution is -2.42. The summed E-state index contributed by atoms with van der Waals surface area (Å²) in [5, 5.41) is 5.32. The standard InChI is InChI=1S/C15H27ClN4/c1-3-12-15(16)14(20(2)19-12)10-13(18-17)11-8-6-4-5-7-9-11/h11,13,18H,3-10,17H2,1-2H3. The number of aryl methyl sites for hydroxylation is 2. The van der Waals surface area contributed by atoms with Crippen LogP contribution in [0.1, 0.15) is 56.8 Å². The lowest BCUT2D eigenvalue weighted by molar-refractivity contribution is 0.316. The maximum Gasteiger partial charge on any atom is 0.0850 e. The molecule has 1 heterocycles. The Bertz CT molecular complexity index is 422. The first-order chi connectivity index (χ1) is 9.67. The second-order valence-corrected chi connectivity index (χ2v) is 6.29. The van der Waals surface area contributed by atoms with Crippen molar-refractivity contribution >= 4 is 11.6 Å². The van der Waals surface area contributed by atoms with E-state index in [0.29, 0.717) is 12.0 Å². The van der Waals surface area contributed by atoms with Crippen LogP contribution in [-0.4, -0.2) is 15.8 Å². The first-order valence-electron chi connectivity index (χ1n) is 7.83. The molecular weight excluding hydrogens is 272 g/mol. The molecule has 4 nitrogen and oxygen atoms in total. The van der Waals surface area contributed by atoms with E-state index in [1.54, 1.807) is 0 Å². The molecule has 114 valence electrons. The molecule has 1 aliphatic rings. The third-order valence-electron chi connectivity index (χ3n) is 4.60. The normalized spacial score (nSPS) is 19.0. The van der Waals surface area contributed by atoms with Gasteiger partial charge in [-0.15, -0.1) is 0 Å². The average molecular weight is 299 g/mol. The molecule has 1 fully saturated rings. The summed E-state index contributed by atoms with van der Waals surface area (Å²) in [4.78, 5) is 0. The van der Waals surface area contributed by atoms with Gasteiger partial charge in [-0.2, -0.15) is 5.10 Å². The zero-order chi connectivity index (χ0) is 14.5. The molecule has 1 atom stereocenters. The first kappa shape index (κ1) is 15.8. The van der Waals surface area contributed by atoms with E-state index in [1.165, 1.54) is 38.5 Å². The third kappa shape index (κ3) is 3.54. The van der Waals surface area contributed by atoms with Crippen LogP contribution in [0.15, 0.2) is 0 Å². The van der Waals surface area contributed by atoms with Gasteiger partial charge in [0.15, 0.2) is 0 Å². The van der Waals surface area contributed by atoms with Crippen molar-refractivity contribution in [3.8, 4) is 0 Å². The highest BCUT2D eigenvalue weighted by Gasteiger charge is 2.25. The lowest BCUT2D eigenvalue weighted by atomic mass is 9.89. The fourth-order valence-corrected chi connectivity index (χ4v) is 3.70. The molecule has 0 amide bonds. The van der Waals surface area contributed by atoms with E-state index in [1.807, 2.05) is 11.7 Å². The van der Waals surface area contributed by atoms with Crippen LogP contribution in [0.5, 0.6) is 0 Å². The molecule has 0 bridgehead atoms. The van der Waals surface area contributed by atoms with E-state index >= 15 is 0 Å². The van der Waals surface area contributed by atoms with Crippen LogP contribution in [-0.2, 0) is 19.9 Å². The predicted octanol–water partition coefficient (Wildman–Crippen LogP) is 2.98. The summed E-state index contributed by atoms with van der Waals surface area (Å²) in [6, 6.07) is 0.297. The Kier molecular flexibility index (Phi) is 5.87. The van der Waals surface area contributed by atoms with Crippen molar-refractivity contribution in [3.05, 3.63) is 16.4 Å². The van der Waals surface area contributed by atoms with Gasteiger partial charge in [0.2, 0.25) is 0 Å². The van der Waals surface area contributed by atoms with E-state index in [4.69, 9.17) is 17.4 Å². The van der Waals surface area contributed by atoms with Crippen LogP contribution < -0.4 is 11.3 Å². The van der Waals surface area contributed by atoms with E-state index in [-0.39, 0.29) is 0 Å². The molecule has 5 heteroatoms. The van der Waals surface area contributed by atoms with Crippen LogP contribution in [0.3, 0.4) is 0 Å². The van der Waals surface area contributed by atoms with Gasteiger partial charge in [-0.1, -0.05) is 44.2 Å². The molecule has 2 rings (SSSR count). The van der Waals surface area contributed by atoms with Crippen LogP contribution in [0, 0.1) is 5.92 Å². The molecule has 1 aromatic heterocycles. The van der Waals surface area contributed by atoms with Crippen molar-refractivity contribution in [1.82, 2.24) is 15.2 Å². The van der Waals surface area contributed by atoms with Crippen molar-refractivity contribution in [2.75, 3.05) is 0 Å². The molecule has 20 heavy (non-hydrogen) atoms. The van der Waals surface area contributed by atoms with Gasteiger partial charge in [0.25, 0.3) is 0 Å². The fraction of sp³-hybridized carbons (Fsp3) is 0.800. The van der Waals surface area contributed by atoms with Crippen molar-refractivity contribution in [1.29, 1.82) is 0 Å². The van der Waals surface area contributed by atoms with Gasteiger partial charge in [-0.05, 0) is 25.2 Å². The minimum absolute atomic E-state index is 0.297. The molecule has 0 saturated heterocycles. The molecule has 0 radical (unpaired) electrons. The Morgan fingerprint density at radius 2 is 2.00 bits per heavy atom. The van der Waals surface area contributed by atoms with Gasteiger partial charge in [-0.25, -0.2) is 0 Å². The SMILES string of the molecule is CCc1nn(C)c(CC(NN)C2CCCCCC2)c1Cl. The molecule has 0 aliphatic heterocycles. The van der Waals surface area contributed by atoms with E-state index < -0.39 is 0 Å². The Labute approximate surface area is 127 Å². The van der Waals surface area contributed by atoms with Crippen LogP contribution in [0.2, 0.25) is 5.02 Å². The summed E-state index contributed by atoms with van der Waals surface area (Å²) in [5.74, 6) is 6.47. The maximum atomic E-state index is 6.45. The minimum Gasteiger partial charge on any atom is -0.271 e. The zero-order valence-corrected chi connectivity index (χ0v) is 13.4. The van der Waals surface area contributed by atoms with Gasteiger partial charge in [-0.3, -0.25) is 16.0 Å². The molecule has 0 spiro atoms. The van der Waals surface area contributed by atoms with Gasteiger partial charge in [0, 0.05) is 19.5 Å². The second-order valence-electron chi connectivity index (χ2n) is 5.91. The fourth-order valence-electron chi connectivity index (χ4n) is 3.32. The van der Waals surface area contributed by atoms with Crippen molar-refractivity contribution in [3.63, 3.8) is 0 Å². The lowest BCUT2D eigenvalue weighted by Gasteiger charge is -2.25. The molecule has 3 N–H and O–H groups in total. The van der Waals surface area contributed by atoms with Crippen LogP contribution in [0.25, 0.3) is 0 Å². The summed E-state index contributed by atoms with van der Waals surface area (Å²) in [6.07, 6.45) is 9.64. The third-order valence-corrected chi connectivity index (χ3v) is 5.04. The molecular formula is C15H27ClN4. The van der Waals surface area contributed by atoms with Gasteiger partial charge < -0.3 is 0 Å².